The highest BCUT2D eigenvalue weighted by Crippen LogP contribution is 2.13. The first kappa shape index (κ1) is 39.4. The molecule has 0 saturated carbocycles. The zero-order valence-corrected chi connectivity index (χ0v) is 31.8. The predicted octanol–water partition coefficient (Wildman–Crippen LogP) is 2.71. The molecule has 0 aromatic carbocycles. The third-order valence-corrected chi connectivity index (χ3v) is 6.81. The number of aromatic nitrogens is 18. The number of aryl methyl sites for hydroxylation is 4. The van der Waals surface area contributed by atoms with Gasteiger partial charge in [-0.05, 0) is 33.8 Å². The topological polar surface area (TPSA) is 237 Å². The van der Waals surface area contributed by atoms with Crippen LogP contribution in [0.15, 0.2) is 86.8 Å². The normalized spacial score (nSPS) is 10.1. The van der Waals surface area contributed by atoms with E-state index in [1.54, 1.807) is 97.0 Å². The Morgan fingerprint density at radius 3 is 1.46 bits per heavy atom. The van der Waals surface area contributed by atoms with E-state index in [0.717, 1.165) is 22.8 Å². The summed E-state index contributed by atoms with van der Waals surface area (Å²) in [6.45, 7) is 7.51. The molecule has 0 aliphatic carbocycles. The van der Waals surface area contributed by atoms with E-state index in [2.05, 4.69) is 70.1 Å². The van der Waals surface area contributed by atoms with Gasteiger partial charge in [0.25, 0.3) is 11.9 Å². The van der Waals surface area contributed by atoms with Gasteiger partial charge in [-0.25, -0.2) is 44.3 Å². The fraction of sp³-hybridized carbons (Fsp3) is 0.235. The molecular weight excluding hydrogens is 724 g/mol. The number of hydrogen-bond acceptors (Lipinski definition) is 18. The maximum absolute atomic E-state index is 5.05. The first-order valence-electron chi connectivity index (χ1n) is 16.4. The largest absolute Gasteiger partial charge is 0.481 e. The van der Waals surface area contributed by atoms with Gasteiger partial charge in [-0.3, -0.25) is 4.57 Å². The van der Waals surface area contributed by atoms with Crippen LogP contribution in [0.2, 0.25) is 0 Å². The molecule has 0 fully saturated rings. The average Bonchev–Trinajstić information content (AvgIpc) is 4.06. The minimum Gasteiger partial charge on any atom is -0.481 e. The van der Waals surface area contributed by atoms with E-state index in [-0.39, 0.29) is 0 Å². The van der Waals surface area contributed by atoms with Gasteiger partial charge in [-0.2, -0.15) is 39.9 Å². The summed E-state index contributed by atoms with van der Waals surface area (Å²) in [5.74, 6) is 3.81. The van der Waals surface area contributed by atoms with E-state index in [1.807, 2.05) is 33.8 Å². The molecule has 22 nitrogen and oxygen atoms in total. The number of rotatable bonds is 8. The molecule has 0 radical (unpaired) electrons. The fourth-order valence-corrected chi connectivity index (χ4v) is 4.34. The second-order valence-electron chi connectivity index (χ2n) is 11.0. The molecule has 288 valence electrons. The van der Waals surface area contributed by atoms with Crippen molar-refractivity contribution in [1.29, 1.82) is 0 Å². The number of nitrogens with zero attached hydrogens (tertiary/aromatic N) is 18. The molecular formula is C34H38N18O4. The van der Waals surface area contributed by atoms with E-state index in [0.29, 0.717) is 47.3 Å². The van der Waals surface area contributed by atoms with Gasteiger partial charge in [-0.15, -0.1) is 0 Å². The van der Waals surface area contributed by atoms with Crippen LogP contribution in [0.5, 0.6) is 23.7 Å². The summed E-state index contributed by atoms with van der Waals surface area (Å²) in [4.78, 5) is 44.9. The Morgan fingerprint density at radius 1 is 0.446 bits per heavy atom. The van der Waals surface area contributed by atoms with E-state index >= 15 is 0 Å². The molecule has 0 spiro atoms. The summed E-state index contributed by atoms with van der Waals surface area (Å²) in [5.41, 5.74) is 3.35. The van der Waals surface area contributed by atoms with Crippen LogP contribution in [0.25, 0.3) is 23.7 Å². The Bertz CT molecular complexity index is 2030. The third-order valence-electron chi connectivity index (χ3n) is 6.81. The molecule has 0 bridgehead atoms. The van der Waals surface area contributed by atoms with E-state index < -0.39 is 0 Å². The number of ether oxygens (including phenoxy) is 4. The highest BCUT2D eigenvalue weighted by Gasteiger charge is 2.07. The van der Waals surface area contributed by atoms with E-state index in [1.165, 1.54) is 30.8 Å². The van der Waals surface area contributed by atoms with E-state index in [4.69, 9.17) is 18.9 Å². The van der Waals surface area contributed by atoms with Crippen molar-refractivity contribution in [3.63, 3.8) is 0 Å². The summed E-state index contributed by atoms with van der Waals surface area (Å²) < 4.78 is 26.4. The molecule has 0 saturated heterocycles. The van der Waals surface area contributed by atoms with Crippen LogP contribution in [0.1, 0.15) is 22.8 Å². The molecule has 0 N–H and O–H groups in total. The van der Waals surface area contributed by atoms with Crippen LogP contribution in [0.4, 0.5) is 0 Å². The van der Waals surface area contributed by atoms with Crippen molar-refractivity contribution in [2.75, 3.05) is 28.4 Å². The van der Waals surface area contributed by atoms with Gasteiger partial charge in [0.2, 0.25) is 23.6 Å². The molecule has 22 heteroatoms. The predicted molar refractivity (Wildman–Crippen MR) is 197 cm³/mol. The Labute approximate surface area is 320 Å². The van der Waals surface area contributed by atoms with Gasteiger partial charge in [0.05, 0.1) is 28.4 Å². The maximum atomic E-state index is 5.05. The van der Waals surface area contributed by atoms with Crippen LogP contribution < -0.4 is 18.9 Å². The Morgan fingerprint density at radius 2 is 0.982 bits per heavy atom. The van der Waals surface area contributed by atoms with Crippen molar-refractivity contribution in [3.8, 4) is 47.3 Å². The Kier molecular flexibility index (Phi) is 13.6. The minimum atomic E-state index is 0.329. The first-order chi connectivity index (χ1) is 27.2. The molecule has 8 aromatic heterocycles. The van der Waals surface area contributed by atoms with Crippen molar-refractivity contribution in [3.05, 3.63) is 110 Å². The summed E-state index contributed by atoms with van der Waals surface area (Å²) in [5, 5.41) is 11.9. The van der Waals surface area contributed by atoms with Crippen molar-refractivity contribution in [1.82, 2.24) is 88.7 Å². The lowest BCUT2D eigenvalue weighted by Gasteiger charge is -2.04. The minimum absolute atomic E-state index is 0.329. The maximum Gasteiger partial charge on any atom is 0.318 e. The number of imidazole rings is 1. The van der Waals surface area contributed by atoms with Crippen molar-refractivity contribution in [2.24, 2.45) is 0 Å². The monoisotopic (exact) mass is 762 g/mol. The summed E-state index contributed by atoms with van der Waals surface area (Å²) in [6, 6.07) is 9.25. The molecule has 0 amide bonds. The summed E-state index contributed by atoms with van der Waals surface area (Å²) >= 11 is 0. The highest BCUT2D eigenvalue weighted by atomic mass is 16.5. The zero-order chi connectivity index (χ0) is 39.9. The smallest absolute Gasteiger partial charge is 0.318 e. The molecule has 8 aromatic rings. The molecule has 8 rings (SSSR count). The molecule has 0 aliphatic heterocycles. The fourth-order valence-electron chi connectivity index (χ4n) is 4.34. The van der Waals surface area contributed by atoms with Gasteiger partial charge >= 0.3 is 6.01 Å². The molecule has 0 atom stereocenters. The lowest BCUT2D eigenvalue weighted by molar-refractivity contribution is 0.377. The van der Waals surface area contributed by atoms with Crippen LogP contribution in [-0.2, 0) is 0 Å². The second-order valence-corrected chi connectivity index (χ2v) is 11.0. The van der Waals surface area contributed by atoms with Gasteiger partial charge in [0.15, 0.2) is 5.82 Å². The van der Waals surface area contributed by atoms with Gasteiger partial charge < -0.3 is 18.9 Å². The lowest BCUT2D eigenvalue weighted by Crippen LogP contribution is -2.04. The Balaban J connectivity index is 0.000000143. The molecule has 56 heavy (non-hydrogen) atoms. The lowest BCUT2D eigenvalue weighted by atomic mass is 10.4. The standard InChI is InChI=1S/2C9H10N4O.2C8H9N5O/c1-7-5-8(14-2)12-9(11-7)13-4-3-10-6-13;1-7-6-8(14-2)12-9(11-7)13-5-3-4-10-13;1-6-3-7(14-2)12-8(11-6)13-5-9-4-10-13;1-6-3-7(12-8(11-6)14-2)13-5-9-4-10-13/h2*3-6H,1-2H3;2*3-5H,1-2H3. The van der Waals surface area contributed by atoms with Crippen LogP contribution >= 0.6 is 0 Å². The summed E-state index contributed by atoms with van der Waals surface area (Å²) in [6.07, 6.45) is 14.6. The Hall–Kier alpha value is -7.78. The van der Waals surface area contributed by atoms with Crippen molar-refractivity contribution in [2.45, 2.75) is 27.7 Å². The highest BCUT2D eigenvalue weighted by molar-refractivity contribution is 5.25. The van der Waals surface area contributed by atoms with Crippen LogP contribution in [-0.4, -0.2) is 117 Å². The summed E-state index contributed by atoms with van der Waals surface area (Å²) in [7, 11) is 6.25. The van der Waals surface area contributed by atoms with E-state index in [9.17, 15) is 0 Å². The zero-order valence-electron chi connectivity index (χ0n) is 31.8. The third kappa shape index (κ3) is 11.1. The molecule has 0 unspecified atom stereocenters. The molecule has 0 aliphatic rings. The van der Waals surface area contributed by atoms with Gasteiger partial charge in [0.1, 0.15) is 31.6 Å². The van der Waals surface area contributed by atoms with Gasteiger partial charge in [-0.1, -0.05) is 0 Å². The van der Waals surface area contributed by atoms with Crippen molar-refractivity contribution < 1.29 is 18.9 Å². The average molecular weight is 763 g/mol. The van der Waals surface area contributed by atoms with Crippen LogP contribution in [0, 0.1) is 27.7 Å². The SMILES string of the molecule is COc1cc(C)nc(-n2cccn2)n1.COc1cc(C)nc(-n2ccnc2)n1.COc1cc(C)nc(-n2cncn2)n1.COc1nc(C)cc(-n2cncn2)n1. The number of hydrogen-bond donors (Lipinski definition) is 0. The number of methoxy groups -OCH3 is 4. The quantitative estimate of drug-likeness (QED) is 0.216. The van der Waals surface area contributed by atoms with Crippen molar-refractivity contribution >= 4 is 0 Å². The second kappa shape index (κ2) is 19.3. The van der Waals surface area contributed by atoms with Crippen LogP contribution in [0.3, 0.4) is 0 Å². The molecule has 8 heterocycles. The van der Waals surface area contributed by atoms with Gasteiger partial charge in [0, 0.05) is 71.8 Å². The first-order valence-corrected chi connectivity index (χ1v) is 16.4.